The van der Waals surface area contributed by atoms with Crippen LogP contribution in [0.4, 0.5) is 0 Å². The molecule has 4 aromatic rings. The highest BCUT2D eigenvalue weighted by Gasteiger charge is 2.28. The molecule has 0 bridgehead atoms. The van der Waals surface area contributed by atoms with Crippen LogP contribution in [0.25, 0.3) is 22.5 Å². The predicted molar refractivity (Wildman–Crippen MR) is 125 cm³/mol. The van der Waals surface area contributed by atoms with Gasteiger partial charge in [-0.25, -0.2) is 9.97 Å². The van der Waals surface area contributed by atoms with Crippen LogP contribution in [-0.4, -0.2) is 43.8 Å². The molecule has 0 N–H and O–H groups in total. The molecular weight excluding hydrogens is 418 g/mol. The van der Waals surface area contributed by atoms with Crippen molar-refractivity contribution in [3.8, 4) is 22.5 Å². The summed E-state index contributed by atoms with van der Waals surface area (Å²) in [4.78, 5) is 34.0. The molecule has 32 heavy (non-hydrogen) atoms. The first-order chi connectivity index (χ1) is 15.8. The fourth-order valence-electron chi connectivity index (χ4n) is 4.20. The highest BCUT2D eigenvalue weighted by atomic mass is 32.1. The molecule has 5 heterocycles. The first-order valence-electron chi connectivity index (χ1n) is 10.8. The summed E-state index contributed by atoms with van der Waals surface area (Å²) in [7, 11) is 0. The maximum Gasteiger partial charge on any atom is 0.227 e. The first-order valence-corrected chi connectivity index (χ1v) is 11.6. The van der Waals surface area contributed by atoms with Crippen molar-refractivity contribution in [2.75, 3.05) is 13.1 Å². The summed E-state index contributed by atoms with van der Waals surface area (Å²) in [5, 5.41) is 2.02. The lowest BCUT2D eigenvalue weighted by molar-refractivity contribution is -0.131. The van der Waals surface area contributed by atoms with E-state index in [9.17, 15) is 4.79 Å². The smallest absolute Gasteiger partial charge is 0.227 e. The molecule has 0 saturated carbocycles. The van der Waals surface area contributed by atoms with Crippen LogP contribution < -0.4 is 0 Å². The second-order valence-electron chi connectivity index (χ2n) is 7.90. The van der Waals surface area contributed by atoms with Gasteiger partial charge in [-0.3, -0.25) is 14.8 Å². The molecule has 1 fully saturated rings. The van der Waals surface area contributed by atoms with E-state index < -0.39 is 0 Å². The molecule has 0 radical (unpaired) electrons. The Labute approximate surface area is 191 Å². The minimum Gasteiger partial charge on any atom is -0.342 e. The van der Waals surface area contributed by atoms with Crippen LogP contribution in [0, 0.1) is 0 Å². The second-order valence-corrected chi connectivity index (χ2v) is 8.93. The van der Waals surface area contributed by atoms with Crippen LogP contribution in [0.1, 0.15) is 29.3 Å². The summed E-state index contributed by atoms with van der Waals surface area (Å²) in [5.74, 6) is 1.02. The van der Waals surface area contributed by atoms with Gasteiger partial charge >= 0.3 is 0 Å². The Bertz CT molecular complexity index is 1180. The van der Waals surface area contributed by atoms with Crippen molar-refractivity contribution in [2.24, 2.45) is 0 Å². The van der Waals surface area contributed by atoms with Gasteiger partial charge in [0, 0.05) is 66.0 Å². The quantitative estimate of drug-likeness (QED) is 0.452. The second kappa shape index (κ2) is 9.36. The van der Waals surface area contributed by atoms with Crippen LogP contribution in [-0.2, 0) is 11.2 Å². The molecule has 0 aliphatic carbocycles. The Morgan fingerprint density at radius 1 is 1.03 bits per heavy atom. The summed E-state index contributed by atoms with van der Waals surface area (Å²) in [6.45, 7) is 1.47. The van der Waals surface area contributed by atoms with Crippen molar-refractivity contribution in [1.29, 1.82) is 0 Å². The number of likely N-dealkylation sites (tertiary alicyclic amines) is 1. The third-order valence-corrected chi connectivity index (χ3v) is 6.69. The van der Waals surface area contributed by atoms with E-state index in [4.69, 9.17) is 4.98 Å². The Hall–Kier alpha value is -3.45. The van der Waals surface area contributed by atoms with Crippen LogP contribution in [0.5, 0.6) is 0 Å². The van der Waals surface area contributed by atoms with E-state index in [1.54, 1.807) is 36.1 Å². The molecule has 4 aromatic heterocycles. The molecule has 1 saturated heterocycles. The summed E-state index contributed by atoms with van der Waals surface area (Å²) >= 11 is 1.63. The number of piperidine rings is 1. The third kappa shape index (κ3) is 4.43. The number of thiophene rings is 1. The van der Waals surface area contributed by atoms with Gasteiger partial charge in [-0.1, -0.05) is 6.07 Å². The number of hydrogen-bond acceptors (Lipinski definition) is 6. The zero-order valence-electron chi connectivity index (χ0n) is 17.6. The van der Waals surface area contributed by atoms with Gasteiger partial charge in [0.2, 0.25) is 5.91 Å². The van der Waals surface area contributed by atoms with Gasteiger partial charge in [0.15, 0.2) is 5.82 Å². The van der Waals surface area contributed by atoms with E-state index >= 15 is 0 Å². The number of aromatic nitrogens is 4. The van der Waals surface area contributed by atoms with Crippen LogP contribution in [0.2, 0.25) is 0 Å². The zero-order chi connectivity index (χ0) is 21.8. The van der Waals surface area contributed by atoms with Crippen molar-refractivity contribution >= 4 is 17.2 Å². The molecule has 7 heteroatoms. The normalized spacial score (nSPS) is 16.1. The number of carbonyl (C=O) groups excluding carboxylic acids is 1. The molecule has 1 amide bonds. The van der Waals surface area contributed by atoms with Crippen molar-refractivity contribution in [2.45, 2.75) is 25.2 Å². The summed E-state index contributed by atoms with van der Waals surface area (Å²) in [6.07, 6.45) is 11.4. The van der Waals surface area contributed by atoms with E-state index in [1.165, 1.54) is 0 Å². The lowest BCUT2D eigenvalue weighted by Crippen LogP contribution is -2.40. The molecule has 0 aromatic carbocycles. The van der Waals surface area contributed by atoms with Gasteiger partial charge in [0.1, 0.15) is 0 Å². The molecular formula is C25H23N5OS. The van der Waals surface area contributed by atoms with Crippen molar-refractivity contribution in [1.82, 2.24) is 24.8 Å². The highest BCUT2D eigenvalue weighted by molar-refractivity contribution is 7.10. The number of rotatable bonds is 5. The van der Waals surface area contributed by atoms with Gasteiger partial charge in [-0.05, 0) is 54.1 Å². The predicted octanol–water partition coefficient (Wildman–Crippen LogP) is 4.61. The average molecular weight is 442 g/mol. The third-order valence-electron chi connectivity index (χ3n) is 5.81. The minimum atomic E-state index is 0.155. The molecule has 0 unspecified atom stereocenters. The fourth-order valence-corrected chi connectivity index (χ4v) is 4.90. The monoisotopic (exact) mass is 441 g/mol. The van der Waals surface area contributed by atoms with Gasteiger partial charge < -0.3 is 4.90 Å². The molecule has 1 atom stereocenters. The van der Waals surface area contributed by atoms with E-state index in [0.29, 0.717) is 18.8 Å². The Morgan fingerprint density at radius 2 is 1.78 bits per heavy atom. The van der Waals surface area contributed by atoms with E-state index in [-0.39, 0.29) is 11.8 Å². The molecule has 1 aliphatic heterocycles. The number of nitrogens with zero attached hydrogens (tertiary/aromatic N) is 5. The number of carbonyl (C=O) groups is 1. The first kappa shape index (κ1) is 20.5. The van der Waals surface area contributed by atoms with Gasteiger partial charge in [0.05, 0.1) is 12.1 Å². The molecule has 5 rings (SSSR count). The highest BCUT2D eigenvalue weighted by Crippen LogP contribution is 2.34. The van der Waals surface area contributed by atoms with Crippen LogP contribution >= 0.6 is 11.3 Å². The van der Waals surface area contributed by atoms with E-state index in [0.717, 1.165) is 46.6 Å². The van der Waals surface area contributed by atoms with Gasteiger partial charge in [-0.2, -0.15) is 0 Å². The lowest BCUT2D eigenvalue weighted by Gasteiger charge is -2.33. The van der Waals surface area contributed by atoms with E-state index in [1.807, 2.05) is 52.9 Å². The Balaban J connectivity index is 1.48. The topological polar surface area (TPSA) is 71.9 Å². The van der Waals surface area contributed by atoms with Gasteiger partial charge in [0.25, 0.3) is 0 Å². The Morgan fingerprint density at radius 3 is 2.50 bits per heavy atom. The maximum atomic E-state index is 13.0. The van der Waals surface area contributed by atoms with Gasteiger partial charge in [-0.15, -0.1) is 11.3 Å². The zero-order valence-corrected chi connectivity index (χ0v) is 18.4. The largest absolute Gasteiger partial charge is 0.342 e. The SMILES string of the molecule is O=C(Cc1cccs1)N1CCC[C@@H](c2nc(-c3ccncc3)ncc2-c2ccncc2)C1. The number of hydrogen-bond donors (Lipinski definition) is 0. The van der Waals surface area contributed by atoms with E-state index in [2.05, 4.69) is 15.0 Å². The van der Waals surface area contributed by atoms with Crippen molar-refractivity contribution in [3.63, 3.8) is 0 Å². The lowest BCUT2D eigenvalue weighted by atomic mass is 9.89. The number of pyridine rings is 2. The average Bonchev–Trinajstić information content (AvgIpc) is 3.38. The number of amides is 1. The minimum absolute atomic E-state index is 0.155. The summed E-state index contributed by atoms with van der Waals surface area (Å²) < 4.78 is 0. The summed E-state index contributed by atoms with van der Waals surface area (Å²) in [6, 6.07) is 11.8. The van der Waals surface area contributed by atoms with Crippen LogP contribution in [0.15, 0.2) is 72.8 Å². The molecule has 0 spiro atoms. The molecule has 6 nitrogen and oxygen atoms in total. The van der Waals surface area contributed by atoms with Crippen molar-refractivity contribution in [3.05, 3.63) is 83.3 Å². The maximum absolute atomic E-state index is 13.0. The van der Waals surface area contributed by atoms with Crippen molar-refractivity contribution < 1.29 is 4.79 Å². The fraction of sp³-hybridized carbons (Fsp3) is 0.240. The molecule has 1 aliphatic rings. The summed E-state index contributed by atoms with van der Waals surface area (Å²) in [5.41, 5.74) is 3.97. The van der Waals surface area contributed by atoms with Crippen LogP contribution in [0.3, 0.4) is 0 Å². The standard InChI is InChI=1S/C25H23N5OS/c31-23(15-21-4-2-14-32-21)30-13-1-3-20(17-30)24-22(18-5-9-26-10-6-18)16-28-25(29-24)19-7-11-27-12-8-19/h2,4-12,14,16,20H,1,3,13,15,17H2/t20-/m1/s1. The molecule has 160 valence electrons. The Kier molecular flexibility index (Phi) is 5.98.